The molecule has 0 aromatic heterocycles. The highest BCUT2D eigenvalue weighted by Crippen LogP contribution is 2.32. The van der Waals surface area contributed by atoms with Gasteiger partial charge in [-0.15, -0.1) is 0 Å². The summed E-state index contributed by atoms with van der Waals surface area (Å²) in [4.78, 5) is 14.4. The number of hydrogen-bond acceptors (Lipinski definition) is 4. The van der Waals surface area contributed by atoms with Crippen molar-refractivity contribution in [3.05, 3.63) is 23.8 Å². The minimum atomic E-state index is 0.0270. The quantitative estimate of drug-likeness (QED) is 0.906. The summed E-state index contributed by atoms with van der Waals surface area (Å²) in [6, 6.07) is 5.91. The van der Waals surface area contributed by atoms with Crippen LogP contribution in [0.3, 0.4) is 0 Å². The lowest BCUT2D eigenvalue weighted by molar-refractivity contribution is 0.0737. The van der Waals surface area contributed by atoms with Gasteiger partial charge in [-0.3, -0.25) is 4.79 Å². The van der Waals surface area contributed by atoms with Gasteiger partial charge in [-0.05, 0) is 37.5 Å². The summed E-state index contributed by atoms with van der Waals surface area (Å²) in [5.74, 6) is 1.77. The smallest absolute Gasteiger partial charge is 0.257 e. The third kappa shape index (κ3) is 3.20. The van der Waals surface area contributed by atoms with Crippen LogP contribution in [0.5, 0.6) is 5.75 Å². The van der Waals surface area contributed by atoms with E-state index in [9.17, 15) is 4.79 Å². The molecule has 2 rings (SSSR count). The second-order valence-corrected chi connectivity index (χ2v) is 5.99. The molecule has 5 heteroatoms. The third-order valence-electron chi connectivity index (χ3n) is 3.63. The Labute approximate surface area is 124 Å². The summed E-state index contributed by atoms with van der Waals surface area (Å²) in [6.45, 7) is 3.47. The maximum absolute atomic E-state index is 12.6. The summed E-state index contributed by atoms with van der Waals surface area (Å²) in [5, 5.41) is 3.26. The van der Waals surface area contributed by atoms with Gasteiger partial charge in [0, 0.05) is 19.6 Å². The Morgan fingerprint density at radius 2 is 2.35 bits per heavy atom. The lowest BCUT2D eigenvalue weighted by Gasteiger charge is -2.27. The molecule has 0 saturated heterocycles. The van der Waals surface area contributed by atoms with E-state index in [0.717, 1.165) is 24.4 Å². The molecular weight excluding hydrogens is 272 g/mol. The van der Waals surface area contributed by atoms with Gasteiger partial charge < -0.3 is 15.0 Å². The van der Waals surface area contributed by atoms with Crippen LogP contribution in [0.1, 0.15) is 23.7 Å². The van der Waals surface area contributed by atoms with E-state index in [-0.39, 0.29) is 11.9 Å². The van der Waals surface area contributed by atoms with E-state index in [1.54, 1.807) is 11.8 Å². The topological polar surface area (TPSA) is 41.6 Å². The molecule has 1 amide bonds. The summed E-state index contributed by atoms with van der Waals surface area (Å²) in [5.41, 5.74) is 1.56. The lowest BCUT2D eigenvalue weighted by Crippen LogP contribution is -2.36. The third-order valence-corrected chi connectivity index (χ3v) is 4.27. The fraction of sp³-hybridized carbons (Fsp3) is 0.533. The molecule has 1 aromatic carbocycles. The van der Waals surface area contributed by atoms with Crippen molar-refractivity contribution in [2.24, 2.45) is 0 Å². The first-order valence-electron chi connectivity index (χ1n) is 6.91. The molecule has 0 saturated carbocycles. The van der Waals surface area contributed by atoms with Crippen molar-refractivity contribution < 1.29 is 9.53 Å². The SMILES string of the molecule is CSCCC(C)N(C)C(=O)c1cccc2c1OCCN2. The number of benzene rings is 1. The van der Waals surface area contributed by atoms with Crippen LogP contribution in [-0.4, -0.2) is 49.1 Å². The molecule has 1 aromatic rings. The lowest BCUT2D eigenvalue weighted by atomic mass is 10.1. The van der Waals surface area contributed by atoms with E-state index in [0.29, 0.717) is 17.9 Å². The molecule has 0 fully saturated rings. The van der Waals surface area contributed by atoms with E-state index in [1.165, 1.54) is 0 Å². The normalized spacial score (nSPS) is 14.8. The number of fused-ring (bicyclic) bond motifs is 1. The van der Waals surface area contributed by atoms with Gasteiger partial charge >= 0.3 is 0 Å². The molecule has 0 aliphatic carbocycles. The number of nitrogens with one attached hydrogen (secondary N) is 1. The summed E-state index contributed by atoms with van der Waals surface area (Å²) < 4.78 is 5.67. The van der Waals surface area contributed by atoms with Crippen LogP contribution in [0, 0.1) is 0 Å². The highest BCUT2D eigenvalue weighted by Gasteiger charge is 2.23. The van der Waals surface area contributed by atoms with E-state index in [1.807, 2.05) is 30.1 Å². The van der Waals surface area contributed by atoms with Crippen LogP contribution in [0.25, 0.3) is 0 Å². The fourth-order valence-corrected chi connectivity index (χ4v) is 2.79. The first-order chi connectivity index (χ1) is 9.65. The van der Waals surface area contributed by atoms with E-state index in [2.05, 4.69) is 18.5 Å². The van der Waals surface area contributed by atoms with Crippen LogP contribution in [0.2, 0.25) is 0 Å². The van der Waals surface area contributed by atoms with Crippen LogP contribution in [0.15, 0.2) is 18.2 Å². The number of amides is 1. The van der Waals surface area contributed by atoms with Gasteiger partial charge in [0.05, 0.1) is 11.3 Å². The number of ether oxygens (including phenoxy) is 1. The molecule has 110 valence electrons. The van der Waals surface area contributed by atoms with Crippen LogP contribution in [0.4, 0.5) is 5.69 Å². The van der Waals surface area contributed by atoms with Crippen molar-refractivity contribution in [1.29, 1.82) is 0 Å². The number of rotatable bonds is 5. The Bertz CT molecular complexity index is 479. The van der Waals surface area contributed by atoms with E-state index < -0.39 is 0 Å². The maximum Gasteiger partial charge on any atom is 0.257 e. The summed E-state index contributed by atoms with van der Waals surface area (Å²) >= 11 is 1.81. The number of carbonyl (C=O) groups is 1. The molecule has 0 radical (unpaired) electrons. The van der Waals surface area contributed by atoms with Crippen LogP contribution in [-0.2, 0) is 0 Å². The van der Waals surface area contributed by atoms with Crippen molar-refractivity contribution in [1.82, 2.24) is 4.90 Å². The first kappa shape index (κ1) is 15.0. The number of thioether (sulfide) groups is 1. The minimum Gasteiger partial charge on any atom is -0.489 e. The Balaban J connectivity index is 2.16. The zero-order chi connectivity index (χ0) is 14.5. The van der Waals surface area contributed by atoms with Gasteiger partial charge in [-0.1, -0.05) is 6.07 Å². The molecule has 20 heavy (non-hydrogen) atoms. The zero-order valence-electron chi connectivity index (χ0n) is 12.3. The number of hydrogen-bond donors (Lipinski definition) is 1. The molecule has 1 atom stereocenters. The Kier molecular flexibility index (Phi) is 5.17. The summed E-state index contributed by atoms with van der Waals surface area (Å²) in [7, 11) is 1.86. The van der Waals surface area contributed by atoms with Gasteiger partial charge in [-0.2, -0.15) is 11.8 Å². The molecule has 4 nitrogen and oxygen atoms in total. The average molecular weight is 294 g/mol. The highest BCUT2D eigenvalue weighted by molar-refractivity contribution is 7.98. The second kappa shape index (κ2) is 6.88. The average Bonchev–Trinajstić information content (AvgIpc) is 2.50. The Hall–Kier alpha value is -1.36. The van der Waals surface area contributed by atoms with E-state index in [4.69, 9.17) is 4.74 Å². The predicted molar refractivity (Wildman–Crippen MR) is 85.0 cm³/mol. The highest BCUT2D eigenvalue weighted by atomic mass is 32.2. The van der Waals surface area contributed by atoms with Crippen LogP contribution < -0.4 is 10.1 Å². The van der Waals surface area contributed by atoms with Gasteiger partial charge in [-0.25, -0.2) is 0 Å². The molecule has 1 aliphatic heterocycles. The first-order valence-corrected chi connectivity index (χ1v) is 8.30. The molecular formula is C15H22N2O2S. The molecule has 1 heterocycles. The fourth-order valence-electron chi connectivity index (χ4n) is 2.21. The van der Waals surface area contributed by atoms with Gasteiger partial charge in [0.25, 0.3) is 5.91 Å². The predicted octanol–water partition coefficient (Wildman–Crippen LogP) is 2.70. The van der Waals surface area contributed by atoms with Crippen molar-refractivity contribution in [3.63, 3.8) is 0 Å². The van der Waals surface area contributed by atoms with Crippen LogP contribution >= 0.6 is 11.8 Å². The number of para-hydroxylation sites is 1. The number of carbonyl (C=O) groups excluding carboxylic acids is 1. The van der Waals surface area contributed by atoms with Crippen molar-refractivity contribution in [2.75, 3.05) is 37.5 Å². The Morgan fingerprint density at radius 1 is 1.55 bits per heavy atom. The van der Waals surface area contributed by atoms with Crippen molar-refractivity contribution in [2.45, 2.75) is 19.4 Å². The monoisotopic (exact) mass is 294 g/mol. The summed E-state index contributed by atoms with van der Waals surface area (Å²) in [6.07, 6.45) is 3.08. The van der Waals surface area contributed by atoms with Gasteiger partial charge in [0.15, 0.2) is 5.75 Å². The maximum atomic E-state index is 12.6. The van der Waals surface area contributed by atoms with Crippen molar-refractivity contribution >= 4 is 23.4 Å². The van der Waals surface area contributed by atoms with Gasteiger partial charge in [0.2, 0.25) is 0 Å². The van der Waals surface area contributed by atoms with E-state index >= 15 is 0 Å². The molecule has 0 spiro atoms. The molecule has 0 bridgehead atoms. The Morgan fingerprint density at radius 3 is 3.10 bits per heavy atom. The van der Waals surface area contributed by atoms with Crippen molar-refractivity contribution in [3.8, 4) is 5.75 Å². The zero-order valence-corrected chi connectivity index (χ0v) is 13.1. The molecule has 1 N–H and O–H groups in total. The second-order valence-electron chi connectivity index (χ2n) is 5.00. The minimum absolute atomic E-state index is 0.0270. The number of anilines is 1. The molecule has 1 unspecified atom stereocenters. The molecule has 1 aliphatic rings. The van der Waals surface area contributed by atoms with Gasteiger partial charge in [0.1, 0.15) is 6.61 Å². The standard InChI is InChI=1S/C15H22N2O2S/c1-11(7-10-20-3)17(2)15(18)12-5-4-6-13-14(12)19-9-8-16-13/h4-6,11,16H,7-10H2,1-3H3. The number of nitrogens with zero attached hydrogens (tertiary/aromatic N) is 1. The largest absolute Gasteiger partial charge is 0.489 e.